The summed E-state index contributed by atoms with van der Waals surface area (Å²) in [7, 11) is 0. The zero-order valence-electron chi connectivity index (χ0n) is 9.58. The van der Waals surface area contributed by atoms with Gasteiger partial charge in [-0.1, -0.05) is 40.5 Å². The molecule has 1 aromatic carbocycles. The summed E-state index contributed by atoms with van der Waals surface area (Å²) in [4.78, 5) is 12.1. The number of ether oxygens (including phenoxy) is 1. The molecule has 1 aliphatic rings. The van der Waals surface area contributed by atoms with E-state index in [1.807, 2.05) is 18.2 Å². The highest BCUT2D eigenvalue weighted by Crippen LogP contribution is 2.25. The summed E-state index contributed by atoms with van der Waals surface area (Å²) >= 11 is 9.44. The van der Waals surface area contributed by atoms with Gasteiger partial charge in [-0.05, 0) is 30.0 Å². The van der Waals surface area contributed by atoms with Gasteiger partial charge in [0, 0.05) is 22.5 Å². The molecule has 2 atom stereocenters. The van der Waals surface area contributed by atoms with Gasteiger partial charge in [-0.15, -0.1) is 0 Å². The van der Waals surface area contributed by atoms with Crippen LogP contribution in [0.25, 0.3) is 0 Å². The van der Waals surface area contributed by atoms with Gasteiger partial charge in [-0.25, -0.2) is 0 Å². The van der Waals surface area contributed by atoms with E-state index >= 15 is 0 Å². The topological polar surface area (TPSA) is 26.3 Å². The molecule has 0 spiro atoms. The molecule has 2 unspecified atom stereocenters. The fraction of sp³-hybridized carbons (Fsp3) is 0.462. The maximum atomic E-state index is 12.1. The van der Waals surface area contributed by atoms with Crippen molar-refractivity contribution in [3.63, 3.8) is 0 Å². The van der Waals surface area contributed by atoms with Crippen molar-refractivity contribution in [2.24, 2.45) is 5.92 Å². The van der Waals surface area contributed by atoms with E-state index in [0.717, 1.165) is 16.5 Å². The van der Waals surface area contributed by atoms with Crippen LogP contribution in [-0.4, -0.2) is 18.5 Å². The molecule has 4 heteroatoms. The highest BCUT2D eigenvalue weighted by Gasteiger charge is 2.30. The molecule has 17 heavy (non-hydrogen) atoms. The van der Waals surface area contributed by atoms with Crippen LogP contribution in [-0.2, 0) is 16.0 Å². The number of rotatable bonds is 3. The Bertz CT molecular complexity index is 433. The average Bonchev–Trinajstić information content (AvgIpc) is 2.68. The molecule has 1 heterocycles. The monoisotopic (exact) mass is 316 g/mol. The zero-order chi connectivity index (χ0) is 12.4. The van der Waals surface area contributed by atoms with E-state index in [1.165, 1.54) is 0 Å². The SMILES string of the molecule is CC1CCOC1C(=O)Cc1ccc(Br)cc1Cl. The van der Waals surface area contributed by atoms with E-state index in [-0.39, 0.29) is 11.9 Å². The van der Waals surface area contributed by atoms with E-state index in [2.05, 4.69) is 22.9 Å². The second kappa shape index (κ2) is 5.51. The second-order valence-corrected chi connectivity index (χ2v) is 5.76. The lowest BCUT2D eigenvalue weighted by atomic mass is 9.96. The van der Waals surface area contributed by atoms with E-state index in [1.54, 1.807) is 0 Å². The first-order chi connectivity index (χ1) is 8.08. The molecule has 0 N–H and O–H groups in total. The van der Waals surface area contributed by atoms with Crippen molar-refractivity contribution in [3.05, 3.63) is 33.3 Å². The van der Waals surface area contributed by atoms with Crippen LogP contribution in [0.3, 0.4) is 0 Å². The van der Waals surface area contributed by atoms with Gasteiger partial charge in [0.25, 0.3) is 0 Å². The van der Waals surface area contributed by atoms with Crippen LogP contribution in [0.1, 0.15) is 18.9 Å². The molecule has 0 bridgehead atoms. The Labute approximate surface area is 114 Å². The zero-order valence-corrected chi connectivity index (χ0v) is 11.9. The molecule has 1 aromatic rings. The van der Waals surface area contributed by atoms with Gasteiger partial charge in [0.1, 0.15) is 6.10 Å². The third kappa shape index (κ3) is 3.09. The summed E-state index contributed by atoms with van der Waals surface area (Å²) in [5.41, 5.74) is 0.863. The van der Waals surface area contributed by atoms with Gasteiger partial charge in [-0.3, -0.25) is 4.79 Å². The van der Waals surface area contributed by atoms with Crippen LogP contribution >= 0.6 is 27.5 Å². The normalized spacial score (nSPS) is 23.9. The summed E-state index contributed by atoms with van der Waals surface area (Å²) in [5.74, 6) is 0.441. The molecule has 1 aliphatic heterocycles. The third-order valence-electron chi connectivity index (χ3n) is 3.08. The Morgan fingerprint density at radius 2 is 2.35 bits per heavy atom. The van der Waals surface area contributed by atoms with Crippen molar-refractivity contribution in [1.82, 2.24) is 0 Å². The lowest BCUT2D eigenvalue weighted by Gasteiger charge is -2.13. The fourth-order valence-electron chi connectivity index (χ4n) is 2.06. The Morgan fingerprint density at radius 3 is 2.94 bits per heavy atom. The van der Waals surface area contributed by atoms with E-state index in [0.29, 0.717) is 24.0 Å². The van der Waals surface area contributed by atoms with Gasteiger partial charge in [-0.2, -0.15) is 0 Å². The summed E-state index contributed by atoms with van der Waals surface area (Å²) in [6.45, 7) is 2.74. The minimum absolute atomic E-state index is 0.124. The minimum Gasteiger partial charge on any atom is -0.370 e. The summed E-state index contributed by atoms with van der Waals surface area (Å²) in [6.07, 6.45) is 1.06. The van der Waals surface area contributed by atoms with Gasteiger partial charge in [0.05, 0.1) is 0 Å². The summed E-state index contributed by atoms with van der Waals surface area (Å²) < 4.78 is 6.38. The molecule has 0 aromatic heterocycles. The molecular formula is C13H14BrClO2. The molecule has 0 amide bonds. The number of hydrogen-bond donors (Lipinski definition) is 0. The largest absolute Gasteiger partial charge is 0.370 e. The van der Waals surface area contributed by atoms with Crippen LogP contribution in [0.4, 0.5) is 0 Å². The lowest BCUT2D eigenvalue weighted by molar-refractivity contribution is -0.128. The van der Waals surface area contributed by atoms with Gasteiger partial charge in [0.2, 0.25) is 0 Å². The fourth-order valence-corrected chi connectivity index (χ4v) is 2.80. The smallest absolute Gasteiger partial charge is 0.166 e. The van der Waals surface area contributed by atoms with E-state index in [4.69, 9.17) is 16.3 Å². The van der Waals surface area contributed by atoms with Gasteiger partial charge >= 0.3 is 0 Å². The predicted octanol–water partition coefficient (Wildman–Crippen LogP) is 3.64. The van der Waals surface area contributed by atoms with Crippen molar-refractivity contribution >= 4 is 33.3 Å². The van der Waals surface area contributed by atoms with Crippen molar-refractivity contribution in [1.29, 1.82) is 0 Å². The van der Waals surface area contributed by atoms with Gasteiger partial charge in [0.15, 0.2) is 5.78 Å². The lowest BCUT2D eigenvalue weighted by Crippen LogP contribution is -2.26. The first-order valence-electron chi connectivity index (χ1n) is 5.66. The standard InChI is InChI=1S/C13H14BrClO2/c1-8-4-5-17-13(8)12(16)6-9-2-3-10(14)7-11(9)15/h2-3,7-8,13H,4-6H2,1H3. The van der Waals surface area contributed by atoms with Crippen molar-refractivity contribution in [2.75, 3.05) is 6.61 Å². The predicted molar refractivity (Wildman–Crippen MR) is 71.4 cm³/mol. The summed E-state index contributed by atoms with van der Waals surface area (Å²) in [5, 5.41) is 0.623. The van der Waals surface area contributed by atoms with Crippen LogP contribution in [0, 0.1) is 5.92 Å². The van der Waals surface area contributed by atoms with E-state index < -0.39 is 0 Å². The molecule has 1 fully saturated rings. The number of ketones is 1. The first-order valence-corrected chi connectivity index (χ1v) is 6.83. The number of Topliss-reactive ketones (excluding diaryl/α,β-unsaturated/α-hetero) is 1. The Balaban J connectivity index is 2.07. The Kier molecular flexibility index (Phi) is 4.23. The number of halogens is 2. The molecule has 0 saturated carbocycles. The van der Waals surface area contributed by atoms with Crippen LogP contribution < -0.4 is 0 Å². The van der Waals surface area contributed by atoms with E-state index in [9.17, 15) is 4.79 Å². The molecule has 2 rings (SSSR count). The molecule has 0 radical (unpaired) electrons. The molecule has 0 aliphatic carbocycles. The van der Waals surface area contributed by atoms with Crippen molar-refractivity contribution in [2.45, 2.75) is 25.9 Å². The third-order valence-corrected chi connectivity index (χ3v) is 3.93. The van der Waals surface area contributed by atoms with Crippen LogP contribution in [0.2, 0.25) is 5.02 Å². The number of benzene rings is 1. The minimum atomic E-state index is -0.255. The Morgan fingerprint density at radius 1 is 1.59 bits per heavy atom. The highest BCUT2D eigenvalue weighted by atomic mass is 79.9. The Hall–Kier alpha value is -0.380. The van der Waals surface area contributed by atoms with Crippen LogP contribution in [0.5, 0.6) is 0 Å². The molecule has 92 valence electrons. The molecule has 1 saturated heterocycles. The van der Waals surface area contributed by atoms with Gasteiger partial charge < -0.3 is 4.74 Å². The second-order valence-electron chi connectivity index (χ2n) is 4.44. The number of carbonyl (C=O) groups is 1. The number of hydrogen-bond acceptors (Lipinski definition) is 2. The summed E-state index contributed by atoms with van der Waals surface area (Å²) in [6, 6.07) is 5.58. The molecular weight excluding hydrogens is 303 g/mol. The van der Waals surface area contributed by atoms with Crippen molar-refractivity contribution in [3.8, 4) is 0 Å². The maximum absolute atomic E-state index is 12.1. The maximum Gasteiger partial charge on any atom is 0.166 e. The van der Waals surface area contributed by atoms with Crippen molar-refractivity contribution < 1.29 is 9.53 Å². The quantitative estimate of drug-likeness (QED) is 0.851. The molecule has 2 nitrogen and oxygen atoms in total. The number of carbonyl (C=O) groups excluding carboxylic acids is 1. The first kappa shape index (κ1) is 13.1. The highest BCUT2D eigenvalue weighted by molar-refractivity contribution is 9.10. The van der Waals surface area contributed by atoms with Crippen LogP contribution in [0.15, 0.2) is 22.7 Å². The average molecular weight is 318 g/mol.